The van der Waals surface area contributed by atoms with E-state index in [4.69, 9.17) is 42.3 Å². The molecule has 2 saturated heterocycles. The number of carbonyl (C=O) groups excluding carboxylic acids is 1. The van der Waals surface area contributed by atoms with Gasteiger partial charge in [-0.25, -0.2) is 9.97 Å². The zero-order valence-electron chi connectivity index (χ0n) is 25.2. The summed E-state index contributed by atoms with van der Waals surface area (Å²) in [6.45, 7) is 8.95. The summed E-state index contributed by atoms with van der Waals surface area (Å²) in [6, 6.07) is 13.2. The van der Waals surface area contributed by atoms with Gasteiger partial charge in [-0.1, -0.05) is 23.2 Å². The highest BCUT2D eigenvalue weighted by Gasteiger charge is 2.22. The number of nitrogens with one attached hydrogen (secondary N) is 1. The smallest absolute Gasteiger partial charge is 0.437 e. The first-order chi connectivity index (χ1) is 21.7. The number of amides is 1. The lowest BCUT2D eigenvalue weighted by atomic mass is 9.96. The summed E-state index contributed by atoms with van der Waals surface area (Å²) < 4.78 is 21.7. The lowest BCUT2D eigenvalue weighted by Gasteiger charge is -2.34. The van der Waals surface area contributed by atoms with Gasteiger partial charge >= 0.3 is 8.25 Å². The number of benzene rings is 1. The average molecular weight is 677 g/mol. The van der Waals surface area contributed by atoms with Gasteiger partial charge in [0.05, 0.1) is 11.9 Å². The number of hydrogen-bond donors (Lipinski definition) is 2. The number of nitrogens with zero attached hydrogens (tertiary/aromatic N) is 5. The normalized spacial score (nSPS) is 16.9. The fourth-order valence-electron chi connectivity index (χ4n) is 5.64. The molecule has 14 heteroatoms. The van der Waals surface area contributed by atoms with E-state index in [1.165, 1.54) is 0 Å². The third kappa shape index (κ3) is 10.3. The average Bonchev–Trinajstić information content (AvgIpc) is 3.01. The van der Waals surface area contributed by atoms with E-state index < -0.39 is 8.25 Å². The molecule has 1 amide bonds. The second-order valence-corrected chi connectivity index (χ2v) is 13.0. The minimum absolute atomic E-state index is 0.0156. The molecule has 0 saturated carbocycles. The van der Waals surface area contributed by atoms with Gasteiger partial charge in [0, 0.05) is 79.0 Å². The molecule has 11 nitrogen and oxygen atoms in total. The van der Waals surface area contributed by atoms with Crippen molar-refractivity contribution in [2.24, 2.45) is 5.92 Å². The van der Waals surface area contributed by atoms with Gasteiger partial charge in [-0.05, 0) is 73.8 Å². The number of piperazine rings is 1. The molecule has 0 spiro atoms. The molecule has 45 heavy (non-hydrogen) atoms. The first kappa shape index (κ1) is 33.5. The number of pyridine rings is 2. The highest BCUT2D eigenvalue weighted by molar-refractivity contribution is 7.32. The van der Waals surface area contributed by atoms with Crippen molar-refractivity contribution in [1.82, 2.24) is 25.1 Å². The molecule has 4 heterocycles. The summed E-state index contributed by atoms with van der Waals surface area (Å²) in [4.78, 5) is 36.4. The first-order valence-electron chi connectivity index (χ1n) is 15.0. The van der Waals surface area contributed by atoms with Gasteiger partial charge < -0.3 is 15.0 Å². The Morgan fingerprint density at radius 2 is 1.76 bits per heavy atom. The lowest BCUT2D eigenvalue weighted by Crippen LogP contribution is -2.47. The van der Waals surface area contributed by atoms with Crippen LogP contribution in [-0.2, 0) is 20.4 Å². The molecule has 0 aliphatic carbocycles. The Hall–Kier alpha value is -2.89. The summed E-state index contributed by atoms with van der Waals surface area (Å²) in [7, 11) is -2.56. The van der Waals surface area contributed by atoms with E-state index in [0.29, 0.717) is 39.8 Å². The van der Waals surface area contributed by atoms with Gasteiger partial charge in [-0.15, -0.1) is 9.42 Å². The van der Waals surface area contributed by atoms with Crippen molar-refractivity contribution in [3.05, 3.63) is 64.3 Å². The van der Waals surface area contributed by atoms with Crippen LogP contribution >= 0.6 is 31.5 Å². The van der Waals surface area contributed by atoms with Crippen molar-refractivity contribution < 1.29 is 23.5 Å². The Morgan fingerprint density at radius 3 is 2.40 bits per heavy atom. The Labute approximate surface area is 274 Å². The Morgan fingerprint density at radius 1 is 1.02 bits per heavy atom. The molecule has 1 aromatic carbocycles. The van der Waals surface area contributed by atoms with Crippen molar-refractivity contribution in [1.29, 1.82) is 0 Å². The monoisotopic (exact) mass is 675 g/mol. The Kier molecular flexibility index (Phi) is 12.0. The number of piperidine rings is 1. The van der Waals surface area contributed by atoms with Crippen LogP contribution in [0.3, 0.4) is 0 Å². The van der Waals surface area contributed by atoms with Gasteiger partial charge in [-0.3, -0.25) is 14.6 Å². The van der Waals surface area contributed by atoms with Crippen LogP contribution in [0.15, 0.2) is 48.7 Å². The number of hydrogen-bond acceptors (Lipinski definition) is 9. The highest BCUT2D eigenvalue weighted by atomic mass is 35.5. The number of halogens is 2. The largest absolute Gasteiger partial charge is 0.694 e. The van der Waals surface area contributed by atoms with E-state index in [1.54, 1.807) is 19.2 Å². The molecule has 0 bridgehead atoms. The van der Waals surface area contributed by atoms with E-state index in [9.17, 15) is 9.36 Å². The Bertz CT molecular complexity index is 1450. The quantitative estimate of drug-likeness (QED) is 0.242. The molecule has 2 aliphatic heterocycles. The number of aromatic nitrogens is 2. The molecule has 2 N–H and O–H groups in total. The number of rotatable bonds is 12. The van der Waals surface area contributed by atoms with Crippen LogP contribution < -0.4 is 15.0 Å². The molecule has 2 fully saturated rings. The van der Waals surface area contributed by atoms with E-state index in [-0.39, 0.29) is 12.5 Å². The van der Waals surface area contributed by atoms with Gasteiger partial charge in [0.25, 0.3) is 0 Å². The summed E-state index contributed by atoms with van der Waals surface area (Å²) in [5, 5.41) is 4.01. The van der Waals surface area contributed by atoms with Crippen LogP contribution in [0.2, 0.25) is 10.0 Å². The zero-order valence-corrected chi connectivity index (χ0v) is 27.6. The van der Waals surface area contributed by atoms with Crippen LogP contribution in [0.25, 0.3) is 11.3 Å². The molecule has 1 atom stereocenters. The highest BCUT2D eigenvalue weighted by Crippen LogP contribution is 2.31. The van der Waals surface area contributed by atoms with Gasteiger partial charge in [0.2, 0.25) is 11.8 Å². The second-order valence-electron chi connectivity index (χ2n) is 11.4. The SMILES string of the molecule is CC(=O)NCC1CCN(Cc2cc(Oc3ccc(N4CCN(CCO[P+](=O)O)CC4)nc3)nc(-c3cc(Cl)cc(Cl)c3)c2)CC1. The molecule has 1 unspecified atom stereocenters. The molecule has 2 aromatic heterocycles. The minimum atomic E-state index is -2.56. The molecule has 240 valence electrons. The van der Waals surface area contributed by atoms with Crippen molar-refractivity contribution in [2.75, 3.05) is 63.9 Å². The molecular formula is C31H38Cl2N6O5P+. The maximum Gasteiger partial charge on any atom is 0.694 e. The number of likely N-dealkylation sites (tertiary alicyclic amines) is 1. The van der Waals surface area contributed by atoms with E-state index >= 15 is 0 Å². The fraction of sp³-hybridized carbons (Fsp3) is 0.452. The molecule has 0 radical (unpaired) electrons. The predicted octanol–water partition coefficient (Wildman–Crippen LogP) is 5.38. The molecule has 5 rings (SSSR count). The van der Waals surface area contributed by atoms with E-state index in [0.717, 1.165) is 82.1 Å². The van der Waals surface area contributed by atoms with Crippen molar-refractivity contribution >= 4 is 43.2 Å². The lowest BCUT2D eigenvalue weighted by molar-refractivity contribution is -0.119. The van der Waals surface area contributed by atoms with Crippen LogP contribution in [0.4, 0.5) is 5.82 Å². The molecule has 2 aliphatic rings. The first-order valence-corrected chi connectivity index (χ1v) is 16.9. The predicted molar refractivity (Wildman–Crippen MR) is 175 cm³/mol. The minimum Gasteiger partial charge on any atom is -0.437 e. The third-order valence-electron chi connectivity index (χ3n) is 8.02. The van der Waals surface area contributed by atoms with Gasteiger partial charge in [0.1, 0.15) is 18.2 Å². The second kappa shape index (κ2) is 16.1. The maximum absolute atomic E-state index is 11.3. The summed E-state index contributed by atoms with van der Waals surface area (Å²) in [5.41, 5.74) is 2.58. The van der Waals surface area contributed by atoms with E-state index in [2.05, 4.69) is 31.1 Å². The number of ether oxygens (including phenoxy) is 1. The number of carbonyl (C=O) groups is 1. The topological polar surface area (TPSA) is 120 Å². The van der Waals surface area contributed by atoms with Crippen LogP contribution in [0, 0.1) is 5.92 Å². The summed E-state index contributed by atoms with van der Waals surface area (Å²) in [5.74, 6) is 2.39. The summed E-state index contributed by atoms with van der Waals surface area (Å²) in [6.07, 6.45) is 3.76. The molecular weight excluding hydrogens is 638 g/mol. The molecule has 3 aromatic rings. The number of anilines is 1. The fourth-order valence-corrected chi connectivity index (χ4v) is 6.40. The maximum atomic E-state index is 11.3. The van der Waals surface area contributed by atoms with Crippen LogP contribution in [0.1, 0.15) is 25.3 Å². The van der Waals surface area contributed by atoms with E-state index in [1.807, 2.05) is 30.3 Å². The van der Waals surface area contributed by atoms with Crippen LogP contribution in [0.5, 0.6) is 11.6 Å². The van der Waals surface area contributed by atoms with Crippen molar-refractivity contribution in [3.63, 3.8) is 0 Å². The van der Waals surface area contributed by atoms with Crippen LogP contribution in [-0.4, -0.2) is 89.5 Å². The summed E-state index contributed by atoms with van der Waals surface area (Å²) >= 11 is 12.7. The van der Waals surface area contributed by atoms with Crippen molar-refractivity contribution in [2.45, 2.75) is 26.3 Å². The van der Waals surface area contributed by atoms with Crippen molar-refractivity contribution in [3.8, 4) is 22.9 Å². The Balaban J connectivity index is 1.25. The third-order valence-corrected chi connectivity index (χ3v) is 8.86. The van der Waals surface area contributed by atoms with Gasteiger partial charge in [0.15, 0.2) is 0 Å². The van der Waals surface area contributed by atoms with Gasteiger partial charge in [-0.2, -0.15) is 0 Å². The zero-order chi connectivity index (χ0) is 31.8. The standard InChI is InChI=1S/C31H37Cl2N6O5P/c1-22(40)34-19-23-4-6-38(7-5-23)21-24-14-29(25-16-26(32)18-27(33)17-25)36-31(15-24)44-28-2-3-30(35-20-28)39-10-8-37(9-11-39)12-13-43-45(41)42/h2-3,14-18,20,23H,4-13,19,21H2,1H3,(H-,34,40,41,42)/p+1.